The highest BCUT2D eigenvalue weighted by molar-refractivity contribution is 6.01. The minimum absolute atomic E-state index is 0.0276. The molecule has 6 heteroatoms. The summed E-state index contributed by atoms with van der Waals surface area (Å²) in [6.45, 7) is 3.40. The third-order valence-corrected chi connectivity index (χ3v) is 3.50. The first-order valence-electron chi connectivity index (χ1n) is 8.14. The van der Waals surface area contributed by atoms with Crippen molar-refractivity contribution >= 4 is 11.8 Å². The lowest BCUT2D eigenvalue weighted by atomic mass is 10.1. The molecule has 2 aromatic carbocycles. The molecule has 0 fully saturated rings. The second-order valence-corrected chi connectivity index (χ2v) is 5.73. The molecule has 0 heterocycles. The Morgan fingerprint density at radius 3 is 2.27 bits per heavy atom. The van der Waals surface area contributed by atoms with Crippen LogP contribution in [0.3, 0.4) is 0 Å². The molecule has 26 heavy (non-hydrogen) atoms. The van der Waals surface area contributed by atoms with E-state index in [-0.39, 0.29) is 24.1 Å². The van der Waals surface area contributed by atoms with E-state index in [9.17, 15) is 9.59 Å². The normalized spacial score (nSPS) is 10.3. The van der Waals surface area contributed by atoms with Crippen LogP contribution in [0.5, 0.6) is 17.2 Å². The number of para-hydroxylation sites is 1. The Balaban J connectivity index is 2.06. The van der Waals surface area contributed by atoms with Crippen LogP contribution in [0.25, 0.3) is 0 Å². The quantitative estimate of drug-likeness (QED) is 0.531. The summed E-state index contributed by atoms with van der Waals surface area (Å²) < 4.78 is 21.1. The number of benzene rings is 2. The monoisotopic (exact) mass is 358 g/mol. The van der Waals surface area contributed by atoms with E-state index in [4.69, 9.17) is 18.9 Å². The van der Waals surface area contributed by atoms with Gasteiger partial charge in [-0.25, -0.2) is 4.79 Å². The topological polar surface area (TPSA) is 71.1 Å². The van der Waals surface area contributed by atoms with Gasteiger partial charge in [0.15, 0.2) is 18.1 Å². The number of hydrogen-bond acceptors (Lipinski definition) is 6. The van der Waals surface area contributed by atoms with Crippen LogP contribution in [0.2, 0.25) is 0 Å². The van der Waals surface area contributed by atoms with Gasteiger partial charge in [0.1, 0.15) is 5.75 Å². The molecule has 0 radical (unpaired) electrons. The molecule has 0 aromatic heterocycles. The van der Waals surface area contributed by atoms with Crippen molar-refractivity contribution in [1.29, 1.82) is 0 Å². The number of hydrogen-bond donors (Lipinski definition) is 0. The second-order valence-electron chi connectivity index (χ2n) is 5.73. The summed E-state index contributed by atoms with van der Waals surface area (Å²) in [5.74, 6) is 0.420. The van der Waals surface area contributed by atoms with Gasteiger partial charge in [-0.2, -0.15) is 0 Å². The summed E-state index contributed by atoms with van der Waals surface area (Å²) in [7, 11) is 2.97. The van der Waals surface area contributed by atoms with Crippen LogP contribution in [0.15, 0.2) is 42.5 Å². The second kappa shape index (κ2) is 8.89. The van der Waals surface area contributed by atoms with E-state index < -0.39 is 5.97 Å². The first kappa shape index (κ1) is 19.3. The first-order chi connectivity index (χ1) is 12.5. The van der Waals surface area contributed by atoms with E-state index in [1.807, 2.05) is 13.8 Å². The van der Waals surface area contributed by atoms with Gasteiger partial charge in [0.25, 0.3) is 0 Å². The van der Waals surface area contributed by atoms with Crippen LogP contribution in [0, 0.1) is 0 Å². The van der Waals surface area contributed by atoms with Crippen LogP contribution in [-0.2, 0) is 4.74 Å². The number of methoxy groups -OCH3 is 2. The maximum Gasteiger partial charge on any atom is 0.338 e. The molecule has 0 spiro atoms. The number of rotatable bonds is 8. The van der Waals surface area contributed by atoms with Gasteiger partial charge in [-0.05, 0) is 44.2 Å². The van der Waals surface area contributed by atoms with Gasteiger partial charge in [0.2, 0.25) is 5.78 Å². The van der Waals surface area contributed by atoms with Gasteiger partial charge in [-0.15, -0.1) is 0 Å². The molecule has 2 rings (SSSR count). The number of esters is 1. The Hall–Kier alpha value is -3.02. The Kier molecular flexibility index (Phi) is 6.60. The van der Waals surface area contributed by atoms with Crippen LogP contribution >= 0.6 is 0 Å². The van der Waals surface area contributed by atoms with Crippen molar-refractivity contribution in [2.45, 2.75) is 20.0 Å². The van der Waals surface area contributed by atoms with Gasteiger partial charge in [0.05, 0.1) is 31.5 Å². The summed E-state index contributed by atoms with van der Waals surface area (Å²) >= 11 is 0. The van der Waals surface area contributed by atoms with Crippen LogP contribution in [0.1, 0.15) is 34.6 Å². The highest BCUT2D eigenvalue weighted by Gasteiger charge is 2.17. The fraction of sp³-hybridized carbons (Fsp3) is 0.300. The minimum atomic E-state index is -0.623. The molecular formula is C20H22O6. The summed E-state index contributed by atoms with van der Waals surface area (Å²) in [5, 5.41) is 0. The standard InChI is InChI=1S/C20H22O6/c1-13(2)26-18-10-9-14(11-19(18)24-4)20(22)25-12-16(21)15-7-5-6-8-17(15)23-3/h5-11,13H,12H2,1-4H3. The largest absolute Gasteiger partial charge is 0.496 e. The Labute approximate surface area is 152 Å². The molecular weight excluding hydrogens is 336 g/mol. The van der Waals surface area contributed by atoms with E-state index >= 15 is 0 Å². The maximum absolute atomic E-state index is 12.3. The lowest BCUT2D eigenvalue weighted by Gasteiger charge is -2.14. The van der Waals surface area contributed by atoms with Crippen molar-refractivity contribution in [2.75, 3.05) is 20.8 Å². The average Bonchev–Trinajstić information content (AvgIpc) is 2.65. The van der Waals surface area contributed by atoms with E-state index in [1.54, 1.807) is 36.4 Å². The molecule has 138 valence electrons. The van der Waals surface area contributed by atoms with Crippen molar-refractivity contribution in [1.82, 2.24) is 0 Å². The summed E-state index contributed by atoms with van der Waals surface area (Å²) in [4.78, 5) is 24.5. The van der Waals surface area contributed by atoms with E-state index in [0.29, 0.717) is 22.8 Å². The number of carbonyl (C=O) groups excluding carboxylic acids is 2. The maximum atomic E-state index is 12.3. The fourth-order valence-electron chi connectivity index (χ4n) is 2.31. The van der Waals surface area contributed by atoms with Crippen molar-refractivity contribution in [3.8, 4) is 17.2 Å². The Bertz CT molecular complexity index is 782. The van der Waals surface area contributed by atoms with Crippen molar-refractivity contribution < 1.29 is 28.5 Å². The molecule has 0 saturated carbocycles. The fourth-order valence-corrected chi connectivity index (χ4v) is 2.31. The summed E-state index contributed by atoms with van der Waals surface area (Å²) in [5.41, 5.74) is 0.631. The number of ketones is 1. The van der Waals surface area contributed by atoms with Crippen LogP contribution in [-0.4, -0.2) is 38.7 Å². The number of carbonyl (C=O) groups is 2. The number of Topliss-reactive ketones (excluding diaryl/α,β-unsaturated/α-hetero) is 1. The lowest BCUT2D eigenvalue weighted by molar-refractivity contribution is 0.0473. The van der Waals surface area contributed by atoms with Crippen LogP contribution < -0.4 is 14.2 Å². The molecule has 0 saturated heterocycles. The molecule has 2 aromatic rings. The highest BCUT2D eigenvalue weighted by atomic mass is 16.5. The van der Waals surface area contributed by atoms with Crippen molar-refractivity contribution in [3.63, 3.8) is 0 Å². The van der Waals surface area contributed by atoms with Gasteiger partial charge >= 0.3 is 5.97 Å². The zero-order chi connectivity index (χ0) is 19.1. The zero-order valence-electron chi connectivity index (χ0n) is 15.3. The molecule has 6 nitrogen and oxygen atoms in total. The Morgan fingerprint density at radius 1 is 0.923 bits per heavy atom. The highest BCUT2D eigenvalue weighted by Crippen LogP contribution is 2.29. The predicted octanol–water partition coefficient (Wildman–Crippen LogP) is 3.53. The van der Waals surface area contributed by atoms with E-state index in [1.165, 1.54) is 20.3 Å². The molecule has 0 N–H and O–H groups in total. The van der Waals surface area contributed by atoms with E-state index in [2.05, 4.69) is 0 Å². The molecule has 0 atom stereocenters. The third-order valence-electron chi connectivity index (χ3n) is 3.50. The minimum Gasteiger partial charge on any atom is -0.496 e. The van der Waals surface area contributed by atoms with Gasteiger partial charge in [-0.1, -0.05) is 12.1 Å². The third kappa shape index (κ3) is 4.75. The van der Waals surface area contributed by atoms with Gasteiger partial charge < -0.3 is 18.9 Å². The summed E-state index contributed by atoms with van der Waals surface area (Å²) in [6, 6.07) is 11.5. The molecule has 0 amide bonds. The molecule has 0 aliphatic carbocycles. The average molecular weight is 358 g/mol. The number of ether oxygens (including phenoxy) is 4. The van der Waals surface area contributed by atoms with Crippen LogP contribution in [0.4, 0.5) is 0 Å². The molecule has 0 bridgehead atoms. The SMILES string of the molecule is COc1cc(C(=O)OCC(=O)c2ccccc2OC)ccc1OC(C)C. The Morgan fingerprint density at radius 2 is 1.62 bits per heavy atom. The molecule has 0 aliphatic rings. The lowest BCUT2D eigenvalue weighted by Crippen LogP contribution is -2.15. The summed E-state index contributed by atoms with van der Waals surface area (Å²) in [6.07, 6.45) is -0.0276. The van der Waals surface area contributed by atoms with E-state index in [0.717, 1.165) is 0 Å². The zero-order valence-corrected chi connectivity index (χ0v) is 15.3. The van der Waals surface area contributed by atoms with Gasteiger partial charge in [-0.3, -0.25) is 4.79 Å². The predicted molar refractivity (Wildman–Crippen MR) is 96.4 cm³/mol. The van der Waals surface area contributed by atoms with Gasteiger partial charge in [0, 0.05) is 0 Å². The first-order valence-corrected chi connectivity index (χ1v) is 8.14. The molecule has 0 aliphatic heterocycles. The smallest absolute Gasteiger partial charge is 0.338 e. The van der Waals surface area contributed by atoms with Crippen molar-refractivity contribution in [2.24, 2.45) is 0 Å². The van der Waals surface area contributed by atoms with Crippen molar-refractivity contribution in [3.05, 3.63) is 53.6 Å². The molecule has 0 unspecified atom stereocenters.